The van der Waals surface area contributed by atoms with E-state index in [9.17, 15) is 14.4 Å². The van der Waals surface area contributed by atoms with Gasteiger partial charge < -0.3 is 20.3 Å². The number of ether oxygens (including phenoxy) is 1. The molecule has 3 heterocycles. The molecule has 2 N–H and O–H groups in total. The summed E-state index contributed by atoms with van der Waals surface area (Å²) in [5.41, 5.74) is 11.9. The second-order valence-corrected chi connectivity index (χ2v) is 18.7. The van der Waals surface area contributed by atoms with Gasteiger partial charge >= 0.3 is 5.97 Å². The van der Waals surface area contributed by atoms with Gasteiger partial charge in [-0.15, -0.1) is 0 Å². The van der Waals surface area contributed by atoms with Gasteiger partial charge in [-0.1, -0.05) is 165 Å². The molecule has 7 aromatic rings. The van der Waals surface area contributed by atoms with Gasteiger partial charge in [0, 0.05) is 54.8 Å². The Morgan fingerprint density at radius 3 is 1.94 bits per heavy atom. The van der Waals surface area contributed by atoms with E-state index in [4.69, 9.17) is 21.3 Å². The number of hydrogen-bond donors (Lipinski definition) is 2. The van der Waals surface area contributed by atoms with E-state index in [1.165, 1.54) is 22.9 Å². The van der Waals surface area contributed by atoms with Crippen LogP contribution in [0.1, 0.15) is 110 Å². The quantitative estimate of drug-likeness (QED) is 0.0447. The molecule has 1 saturated heterocycles. The van der Waals surface area contributed by atoms with Crippen molar-refractivity contribution in [3.8, 4) is 22.4 Å². The molecule has 2 amide bonds. The largest absolute Gasteiger partial charge is 0.462 e. The van der Waals surface area contributed by atoms with Crippen LogP contribution in [0.4, 0.5) is 0 Å². The van der Waals surface area contributed by atoms with Gasteiger partial charge in [0.1, 0.15) is 0 Å². The highest BCUT2D eigenvalue weighted by Crippen LogP contribution is 2.35. The molecule has 1 aliphatic rings. The van der Waals surface area contributed by atoms with Crippen molar-refractivity contribution in [2.45, 2.75) is 79.8 Å². The Morgan fingerprint density at radius 1 is 0.722 bits per heavy atom. The Labute approximate surface area is 436 Å². The highest BCUT2D eigenvalue weighted by Gasteiger charge is 2.30. The van der Waals surface area contributed by atoms with Crippen LogP contribution in [0.25, 0.3) is 22.4 Å². The molecule has 72 heavy (non-hydrogen) atoms. The van der Waals surface area contributed by atoms with Gasteiger partial charge in [-0.2, -0.15) is 0 Å². The van der Waals surface area contributed by atoms with E-state index in [2.05, 4.69) is 83.0 Å². The van der Waals surface area contributed by atoms with Crippen LogP contribution in [0.15, 0.2) is 139 Å². The molecule has 0 aliphatic carbocycles. The zero-order chi connectivity index (χ0) is 49.6. The van der Waals surface area contributed by atoms with Gasteiger partial charge in [-0.05, 0) is 100 Å². The molecule has 0 unspecified atom stereocenters. The molecule has 1 aliphatic heterocycles. The van der Waals surface area contributed by atoms with E-state index in [1.807, 2.05) is 97.8 Å². The number of aromatic nitrogens is 3. The number of amides is 2. The van der Waals surface area contributed by atoms with Crippen molar-refractivity contribution >= 4 is 41.1 Å². The Balaban J connectivity index is 0.000000275. The Kier molecular flexibility index (Phi) is 21.3. The Morgan fingerprint density at radius 2 is 1.33 bits per heavy atom. The average Bonchev–Trinajstić information content (AvgIpc) is 3.37. The molecule has 2 aromatic heterocycles. The number of nitrogens with one attached hydrogen (secondary N) is 2. The minimum atomic E-state index is -0.501. The standard InChI is InChI=1S/C34H34ClN3O3.C24H27N3OS.2CH4/c1-23-30(33(39)38-19-17-36-18-20-38)32(27-14-9-15-28(35)22-27)31(24(2)37-23)34(40)41-21-16-29(25-10-5-3-6-11-25)26-12-7-4-8-13-26;1-16-12-13-20(17(2)15-16)22-21(18(3)26-24(27-22)29-4)23(28)25-14-8-11-19-9-6-5-7-10-19;;/h3-15,22,29,36H,16-21H2,1-2H3;5-7,9-10,12-13,15H,8,11,14H2,1-4H3,(H,25,28);2*1H4. The molecule has 376 valence electrons. The first-order valence-corrected chi connectivity index (χ1v) is 25.4. The van der Waals surface area contributed by atoms with Crippen LogP contribution < -0.4 is 10.6 Å². The second kappa shape index (κ2) is 27.2. The lowest BCUT2D eigenvalue weighted by Gasteiger charge is -2.29. The van der Waals surface area contributed by atoms with Crippen LogP contribution >= 0.6 is 23.4 Å². The van der Waals surface area contributed by atoms with Gasteiger partial charge in [-0.3, -0.25) is 14.6 Å². The first-order chi connectivity index (χ1) is 33.9. The maximum atomic E-state index is 13.9. The van der Waals surface area contributed by atoms with Gasteiger partial charge in [-0.25, -0.2) is 14.8 Å². The van der Waals surface area contributed by atoms with Crippen LogP contribution in [-0.4, -0.2) is 83.2 Å². The number of aryl methyl sites for hydroxylation is 6. The first kappa shape index (κ1) is 56.3. The number of pyridine rings is 1. The first-order valence-electron chi connectivity index (χ1n) is 23.8. The number of thioether (sulfide) groups is 1. The van der Waals surface area contributed by atoms with Crippen molar-refractivity contribution in [1.29, 1.82) is 0 Å². The molecule has 8 rings (SSSR count). The number of piperazine rings is 1. The summed E-state index contributed by atoms with van der Waals surface area (Å²) < 4.78 is 5.95. The van der Waals surface area contributed by atoms with Gasteiger partial charge in [0.2, 0.25) is 0 Å². The summed E-state index contributed by atoms with van der Waals surface area (Å²) in [6.07, 6.45) is 4.38. The number of carbonyl (C=O) groups excluding carboxylic acids is 3. The zero-order valence-electron chi connectivity index (χ0n) is 40.9. The Hall–Kier alpha value is -6.66. The lowest BCUT2D eigenvalue weighted by atomic mass is 9.89. The molecule has 0 spiro atoms. The molecule has 10 nitrogen and oxygen atoms in total. The van der Waals surface area contributed by atoms with Crippen molar-refractivity contribution in [3.63, 3.8) is 0 Å². The lowest BCUT2D eigenvalue weighted by Crippen LogP contribution is -2.46. The van der Waals surface area contributed by atoms with Crippen molar-refractivity contribution in [2.24, 2.45) is 0 Å². The summed E-state index contributed by atoms with van der Waals surface area (Å²) in [6.45, 7) is 13.0. The minimum absolute atomic E-state index is 0. The third-order valence-electron chi connectivity index (χ3n) is 12.4. The fourth-order valence-corrected chi connectivity index (χ4v) is 9.57. The molecule has 12 heteroatoms. The minimum Gasteiger partial charge on any atom is -0.462 e. The fraction of sp³-hybridized carbons (Fsp3) is 0.300. The van der Waals surface area contributed by atoms with Crippen LogP contribution in [-0.2, 0) is 11.2 Å². The van der Waals surface area contributed by atoms with E-state index in [0.717, 1.165) is 48.2 Å². The van der Waals surface area contributed by atoms with Crippen molar-refractivity contribution in [3.05, 3.63) is 200 Å². The van der Waals surface area contributed by atoms with Crippen molar-refractivity contribution in [2.75, 3.05) is 45.6 Å². The molecule has 0 saturated carbocycles. The molecule has 0 bridgehead atoms. The number of rotatable bonds is 15. The predicted octanol–water partition coefficient (Wildman–Crippen LogP) is 12.9. The smallest absolute Gasteiger partial charge is 0.340 e. The molecule has 0 radical (unpaired) electrons. The average molecular weight is 1010 g/mol. The number of carbonyl (C=O) groups is 3. The van der Waals surface area contributed by atoms with Crippen molar-refractivity contribution in [1.82, 2.24) is 30.5 Å². The van der Waals surface area contributed by atoms with Crippen LogP contribution in [0, 0.1) is 34.6 Å². The second-order valence-electron chi connectivity index (χ2n) is 17.4. The molecule has 5 aromatic carbocycles. The summed E-state index contributed by atoms with van der Waals surface area (Å²) in [5, 5.41) is 7.54. The molecule has 0 atom stereocenters. The number of hydrogen-bond acceptors (Lipinski definition) is 9. The number of benzene rings is 5. The van der Waals surface area contributed by atoms with Gasteiger partial charge in [0.25, 0.3) is 11.8 Å². The number of esters is 1. The van der Waals surface area contributed by atoms with Crippen LogP contribution in [0.3, 0.4) is 0 Å². The van der Waals surface area contributed by atoms with Crippen molar-refractivity contribution < 1.29 is 19.1 Å². The summed E-state index contributed by atoms with van der Waals surface area (Å²) >= 11 is 7.87. The summed E-state index contributed by atoms with van der Waals surface area (Å²) in [6, 6.07) is 44.2. The monoisotopic (exact) mass is 1000 g/mol. The maximum Gasteiger partial charge on any atom is 0.340 e. The lowest BCUT2D eigenvalue weighted by molar-refractivity contribution is 0.0495. The fourth-order valence-electron chi connectivity index (χ4n) is 8.97. The van der Waals surface area contributed by atoms with Gasteiger partial charge in [0.15, 0.2) is 5.16 Å². The number of halogens is 1. The third-order valence-corrected chi connectivity index (χ3v) is 13.2. The highest BCUT2D eigenvalue weighted by molar-refractivity contribution is 7.98. The van der Waals surface area contributed by atoms with E-state index in [-0.39, 0.29) is 39.2 Å². The van der Waals surface area contributed by atoms with Gasteiger partial charge in [0.05, 0.1) is 46.1 Å². The predicted molar refractivity (Wildman–Crippen MR) is 297 cm³/mol. The SMILES string of the molecule is C.C.CSc1nc(C)c(C(=O)NCCCc2ccccc2)c(-c2ccc(C)cc2C)n1.Cc1nc(C)c(C(=O)N2CCNCC2)c(-c2cccc(Cl)c2)c1C(=O)OCCC(c1ccccc1)c1ccccc1. The summed E-state index contributed by atoms with van der Waals surface area (Å²) in [7, 11) is 0. The normalized spacial score (nSPS) is 11.9. The van der Waals surface area contributed by atoms with Crippen LogP contribution in [0.5, 0.6) is 0 Å². The molecular weight excluding hydrogens is 936 g/mol. The third kappa shape index (κ3) is 14.3. The number of nitrogens with zero attached hydrogens (tertiary/aromatic N) is 4. The maximum absolute atomic E-state index is 13.9. The molecular formula is C60H69ClN6O4S. The molecule has 1 fully saturated rings. The van der Waals surface area contributed by atoms with E-state index in [1.54, 1.807) is 19.1 Å². The summed E-state index contributed by atoms with van der Waals surface area (Å²) in [5.74, 6) is -0.689. The van der Waals surface area contributed by atoms with Crippen LogP contribution in [0.2, 0.25) is 5.02 Å². The topological polar surface area (TPSA) is 126 Å². The Bertz CT molecular complexity index is 2870. The summed E-state index contributed by atoms with van der Waals surface area (Å²) in [4.78, 5) is 56.4. The zero-order valence-corrected chi connectivity index (χ0v) is 42.4. The van der Waals surface area contributed by atoms with E-state index in [0.29, 0.717) is 86.8 Å². The highest BCUT2D eigenvalue weighted by atomic mass is 35.5. The van der Waals surface area contributed by atoms with E-state index < -0.39 is 5.97 Å². The van der Waals surface area contributed by atoms with E-state index >= 15 is 0 Å².